The van der Waals surface area contributed by atoms with Crippen molar-refractivity contribution in [3.05, 3.63) is 24.3 Å². The van der Waals surface area contributed by atoms with E-state index in [1.807, 2.05) is 7.05 Å². The highest BCUT2D eigenvalue weighted by Gasteiger charge is 2.31. The predicted molar refractivity (Wildman–Crippen MR) is 79.7 cm³/mol. The lowest BCUT2D eigenvalue weighted by Crippen LogP contribution is -2.52. The first kappa shape index (κ1) is 15.2. The summed E-state index contributed by atoms with van der Waals surface area (Å²) in [6, 6.07) is 6.79. The van der Waals surface area contributed by atoms with Crippen molar-refractivity contribution in [3.63, 3.8) is 0 Å². The number of hydrogen-bond acceptors (Lipinski definition) is 5. The fourth-order valence-corrected chi connectivity index (χ4v) is 3.92. The molecule has 112 valence electrons. The summed E-state index contributed by atoms with van der Waals surface area (Å²) in [5, 5.41) is 0. The number of benzene rings is 1. The molecule has 0 aromatic heterocycles. The number of piperazine rings is 1. The lowest BCUT2D eigenvalue weighted by atomic mass is 10.1. The van der Waals surface area contributed by atoms with E-state index in [9.17, 15) is 8.42 Å². The van der Waals surface area contributed by atoms with Gasteiger partial charge < -0.3 is 10.3 Å². The van der Waals surface area contributed by atoms with Crippen LogP contribution in [-0.4, -0.2) is 50.3 Å². The van der Waals surface area contributed by atoms with Gasteiger partial charge in [0.25, 0.3) is 0 Å². The minimum absolute atomic E-state index is 0.281. The molecule has 0 amide bonds. The summed E-state index contributed by atoms with van der Waals surface area (Å²) < 4.78 is 26.8. The third-order valence-corrected chi connectivity index (χ3v) is 5.75. The van der Waals surface area contributed by atoms with Gasteiger partial charge in [-0.25, -0.2) is 8.42 Å². The van der Waals surface area contributed by atoms with Gasteiger partial charge >= 0.3 is 0 Å². The number of hydrogen-bond donors (Lipinski definition) is 2. The number of anilines is 1. The van der Waals surface area contributed by atoms with Crippen molar-refractivity contribution in [2.75, 3.05) is 32.1 Å². The average Bonchev–Trinajstić information content (AvgIpc) is 2.47. The standard InChI is InChI=1S/C13H22N4O2S/c1-3-12-10-17(9-8-16(12)2)20(18,19)13-6-4-11(15-14)5-7-13/h4-7,12,15H,3,8-10,14H2,1-2H3. The normalized spacial score (nSPS) is 21.9. The Labute approximate surface area is 120 Å². The van der Waals surface area contributed by atoms with Crippen LogP contribution in [0.15, 0.2) is 29.2 Å². The fourth-order valence-electron chi connectivity index (χ4n) is 2.45. The second-order valence-electron chi connectivity index (χ2n) is 5.07. The fraction of sp³-hybridized carbons (Fsp3) is 0.538. The molecule has 6 nitrogen and oxygen atoms in total. The van der Waals surface area contributed by atoms with Gasteiger partial charge in [0, 0.05) is 31.4 Å². The van der Waals surface area contributed by atoms with E-state index in [1.54, 1.807) is 28.6 Å². The molecule has 1 saturated heterocycles. The van der Waals surface area contributed by atoms with Crippen LogP contribution in [0.2, 0.25) is 0 Å². The highest BCUT2D eigenvalue weighted by Crippen LogP contribution is 2.21. The number of likely N-dealkylation sites (N-methyl/N-ethyl adjacent to an activating group) is 1. The van der Waals surface area contributed by atoms with Gasteiger partial charge in [-0.1, -0.05) is 6.92 Å². The zero-order valence-corrected chi connectivity index (χ0v) is 12.7. The maximum absolute atomic E-state index is 12.6. The minimum Gasteiger partial charge on any atom is -0.324 e. The first-order valence-corrected chi connectivity index (χ1v) is 8.20. The van der Waals surface area contributed by atoms with E-state index in [-0.39, 0.29) is 6.04 Å². The van der Waals surface area contributed by atoms with Crippen molar-refractivity contribution in [2.24, 2.45) is 5.84 Å². The molecule has 0 radical (unpaired) electrons. The molecule has 0 saturated carbocycles. The van der Waals surface area contributed by atoms with E-state index in [0.29, 0.717) is 23.7 Å². The summed E-state index contributed by atoms with van der Waals surface area (Å²) >= 11 is 0. The average molecular weight is 298 g/mol. The van der Waals surface area contributed by atoms with Crippen LogP contribution in [0.5, 0.6) is 0 Å². The Morgan fingerprint density at radius 3 is 2.50 bits per heavy atom. The molecule has 1 heterocycles. The summed E-state index contributed by atoms with van der Waals surface area (Å²) in [5.41, 5.74) is 3.18. The number of hydrazine groups is 1. The van der Waals surface area contributed by atoms with Crippen LogP contribution in [0.4, 0.5) is 5.69 Å². The molecule has 1 atom stereocenters. The van der Waals surface area contributed by atoms with Crippen molar-refractivity contribution >= 4 is 15.7 Å². The van der Waals surface area contributed by atoms with Crippen molar-refractivity contribution < 1.29 is 8.42 Å². The lowest BCUT2D eigenvalue weighted by Gasteiger charge is -2.38. The summed E-state index contributed by atoms with van der Waals surface area (Å²) in [5.74, 6) is 5.29. The first-order chi connectivity index (χ1) is 9.48. The van der Waals surface area contributed by atoms with Gasteiger partial charge in [-0.15, -0.1) is 0 Å². The molecule has 1 aliphatic heterocycles. The van der Waals surface area contributed by atoms with Crippen LogP contribution in [0.1, 0.15) is 13.3 Å². The van der Waals surface area contributed by atoms with E-state index in [4.69, 9.17) is 5.84 Å². The molecule has 0 spiro atoms. The van der Waals surface area contributed by atoms with E-state index in [0.717, 1.165) is 13.0 Å². The molecule has 20 heavy (non-hydrogen) atoms. The van der Waals surface area contributed by atoms with E-state index < -0.39 is 10.0 Å². The molecule has 0 aliphatic carbocycles. The van der Waals surface area contributed by atoms with Gasteiger partial charge in [0.05, 0.1) is 4.90 Å². The molecule has 0 bridgehead atoms. The predicted octanol–water partition coefficient (Wildman–Crippen LogP) is 0.687. The van der Waals surface area contributed by atoms with Gasteiger partial charge in [0.2, 0.25) is 10.0 Å². The van der Waals surface area contributed by atoms with Crippen molar-refractivity contribution in [3.8, 4) is 0 Å². The summed E-state index contributed by atoms with van der Waals surface area (Å²) in [4.78, 5) is 2.53. The third kappa shape index (κ3) is 2.95. The second-order valence-corrected chi connectivity index (χ2v) is 7.01. The number of rotatable bonds is 4. The smallest absolute Gasteiger partial charge is 0.243 e. The summed E-state index contributed by atoms with van der Waals surface area (Å²) in [6.45, 7) is 3.93. The van der Waals surface area contributed by atoms with Crippen molar-refractivity contribution in [2.45, 2.75) is 24.3 Å². The number of nitrogens with two attached hydrogens (primary N) is 1. The Morgan fingerprint density at radius 1 is 1.30 bits per heavy atom. The molecule has 1 aromatic carbocycles. The Bertz CT molecular complexity index is 544. The van der Waals surface area contributed by atoms with Crippen LogP contribution >= 0.6 is 0 Å². The van der Waals surface area contributed by atoms with Crippen LogP contribution in [0, 0.1) is 0 Å². The molecule has 2 rings (SSSR count). The van der Waals surface area contributed by atoms with E-state index >= 15 is 0 Å². The number of nitrogens with zero attached hydrogens (tertiary/aromatic N) is 2. The van der Waals surface area contributed by atoms with Gasteiger partial charge in [-0.2, -0.15) is 4.31 Å². The molecule has 1 aromatic rings. The topological polar surface area (TPSA) is 78.7 Å². The van der Waals surface area contributed by atoms with E-state index in [2.05, 4.69) is 17.2 Å². The summed E-state index contributed by atoms with van der Waals surface area (Å²) in [7, 11) is -1.37. The Kier molecular flexibility index (Phi) is 4.64. The highest BCUT2D eigenvalue weighted by molar-refractivity contribution is 7.89. The molecule has 1 unspecified atom stereocenters. The van der Waals surface area contributed by atoms with E-state index in [1.165, 1.54) is 0 Å². The summed E-state index contributed by atoms with van der Waals surface area (Å²) in [6.07, 6.45) is 0.943. The number of nitrogen functional groups attached to an aromatic ring is 1. The third-order valence-electron chi connectivity index (χ3n) is 3.87. The molecule has 1 aliphatic rings. The van der Waals surface area contributed by atoms with Crippen molar-refractivity contribution in [1.29, 1.82) is 0 Å². The van der Waals surface area contributed by atoms with Crippen LogP contribution in [0.3, 0.4) is 0 Å². The Hall–Kier alpha value is -1.15. The molecule has 1 fully saturated rings. The van der Waals surface area contributed by atoms with Crippen LogP contribution in [-0.2, 0) is 10.0 Å². The molecule has 3 N–H and O–H groups in total. The highest BCUT2D eigenvalue weighted by atomic mass is 32.2. The quantitative estimate of drug-likeness (QED) is 0.631. The monoisotopic (exact) mass is 298 g/mol. The van der Waals surface area contributed by atoms with Crippen molar-refractivity contribution in [1.82, 2.24) is 9.21 Å². The van der Waals surface area contributed by atoms with Gasteiger partial charge in [-0.05, 0) is 37.7 Å². The van der Waals surface area contributed by atoms with Crippen LogP contribution in [0.25, 0.3) is 0 Å². The molecular weight excluding hydrogens is 276 g/mol. The first-order valence-electron chi connectivity index (χ1n) is 6.76. The zero-order valence-electron chi connectivity index (χ0n) is 11.9. The Balaban J connectivity index is 2.21. The van der Waals surface area contributed by atoms with Gasteiger partial charge in [0.15, 0.2) is 0 Å². The van der Waals surface area contributed by atoms with Gasteiger partial charge in [0.1, 0.15) is 0 Å². The largest absolute Gasteiger partial charge is 0.324 e. The van der Waals surface area contributed by atoms with Crippen LogP contribution < -0.4 is 11.3 Å². The Morgan fingerprint density at radius 2 is 1.95 bits per heavy atom. The lowest BCUT2D eigenvalue weighted by molar-refractivity contribution is 0.144. The number of sulfonamides is 1. The SMILES string of the molecule is CCC1CN(S(=O)(=O)c2ccc(NN)cc2)CCN1C. The maximum Gasteiger partial charge on any atom is 0.243 e. The second kappa shape index (κ2) is 6.09. The zero-order chi connectivity index (χ0) is 14.8. The van der Waals surface area contributed by atoms with Gasteiger partial charge in [-0.3, -0.25) is 5.84 Å². The number of nitrogens with one attached hydrogen (secondary N) is 1. The molecule has 7 heteroatoms. The minimum atomic E-state index is -3.42. The maximum atomic E-state index is 12.6. The molecular formula is C13H22N4O2S.